The van der Waals surface area contributed by atoms with Gasteiger partial charge in [0.15, 0.2) is 6.10 Å². The molecule has 0 aromatic rings. The van der Waals surface area contributed by atoms with Crippen LogP contribution in [0.3, 0.4) is 0 Å². The van der Waals surface area contributed by atoms with Crippen molar-refractivity contribution in [2.45, 2.75) is 148 Å². The predicted molar refractivity (Wildman–Crippen MR) is 214 cm³/mol. The molecule has 1 N–H and O–H groups in total. The fourth-order valence-electron chi connectivity index (χ4n) is 4.88. The maximum Gasteiger partial charge on any atom is 0.306 e. The van der Waals surface area contributed by atoms with E-state index in [0.717, 1.165) is 70.6 Å². The van der Waals surface area contributed by atoms with Crippen molar-refractivity contribution in [3.05, 3.63) is 60.8 Å². The molecule has 0 amide bonds. The molecule has 10 nitrogen and oxygen atoms in total. The zero-order chi connectivity index (χ0) is 39.5. The fourth-order valence-corrected chi connectivity index (χ4v) is 5.60. The number of unbranched alkanes of at least 4 members (excludes halogenated alkanes) is 8. The average Bonchev–Trinajstić information content (AvgIpc) is 3.09. The summed E-state index contributed by atoms with van der Waals surface area (Å²) < 4.78 is 33.7. The van der Waals surface area contributed by atoms with E-state index < -0.39 is 32.5 Å². The molecule has 0 aromatic carbocycles. The number of ether oxygens (including phenoxy) is 2. The van der Waals surface area contributed by atoms with Crippen LogP contribution in [-0.4, -0.2) is 81.2 Å². The largest absolute Gasteiger partial charge is 0.756 e. The number of quaternary nitrogens is 1. The minimum absolute atomic E-state index is 0.0497. The molecule has 0 spiro atoms. The molecule has 0 aromatic heterocycles. The lowest BCUT2D eigenvalue weighted by atomic mass is 10.1. The molecular weight excluding hydrogens is 693 g/mol. The van der Waals surface area contributed by atoms with Gasteiger partial charge in [-0.15, -0.1) is 0 Å². The Morgan fingerprint density at radius 3 is 1.87 bits per heavy atom. The molecule has 53 heavy (non-hydrogen) atoms. The van der Waals surface area contributed by atoms with E-state index in [9.17, 15) is 24.2 Å². The van der Waals surface area contributed by atoms with Crippen molar-refractivity contribution in [3.8, 4) is 0 Å². The topological polar surface area (TPSA) is 131 Å². The van der Waals surface area contributed by atoms with Gasteiger partial charge in [0.25, 0.3) is 7.82 Å². The summed E-state index contributed by atoms with van der Waals surface area (Å²) in [4.78, 5) is 37.3. The second-order valence-corrected chi connectivity index (χ2v) is 15.9. The number of phosphoric ester groups is 1. The van der Waals surface area contributed by atoms with Crippen LogP contribution < -0.4 is 4.89 Å². The summed E-state index contributed by atoms with van der Waals surface area (Å²) in [5.41, 5.74) is 0. The Labute approximate surface area is 322 Å². The lowest BCUT2D eigenvalue weighted by Crippen LogP contribution is -2.37. The number of phosphoric acid groups is 1. The molecule has 0 rings (SSSR count). The van der Waals surface area contributed by atoms with E-state index in [2.05, 4.69) is 62.5 Å². The molecular formula is C42H74NO9P. The normalized spacial score (nSPS) is 14.9. The van der Waals surface area contributed by atoms with Crippen molar-refractivity contribution < 1.29 is 47.2 Å². The van der Waals surface area contributed by atoms with Gasteiger partial charge in [-0.3, -0.25) is 14.2 Å². The van der Waals surface area contributed by atoms with Crippen LogP contribution in [0.5, 0.6) is 0 Å². The summed E-state index contributed by atoms with van der Waals surface area (Å²) in [6.07, 6.45) is 36.1. The third kappa shape index (κ3) is 37.8. The molecule has 0 saturated carbocycles. The number of allylic oxidation sites excluding steroid dienone is 9. The van der Waals surface area contributed by atoms with Crippen LogP contribution >= 0.6 is 7.82 Å². The van der Waals surface area contributed by atoms with Gasteiger partial charge >= 0.3 is 11.9 Å². The van der Waals surface area contributed by atoms with Crippen molar-refractivity contribution in [2.24, 2.45) is 0 Å². The number of hydrogen-bond donors (Lipinski definition) is 1. The Morgan fingerprint density at radius 2 is 1.23 bits per heavy atom. The second kappa shape index (κ2) is 34.2. The lowest BCUT2D eigenvalue weighted by Gasteiger charge is -2.28. The molecule has 3 atom stereocenters. The first kappa shape index (κ1) is 50.7. The van der Waals surface area contributed by atoms with E-state index in [1.54, 1.807) is 0 Å². The molecule has 0 aliphatic heterocycles. The summed E-state index contributed by atoms with van der Waals surface area (Å²) in [5, 5.41) is 9.72. The summed E-state index contributed by atoms with van der Waals surface area (Å²) in [5.74, 6) is -0.940. The zero-order valence-corrected chi connectivity index (χ0v) is 34.7. The summed E-state index contributed by atoms with van der Waals surface area (Å²) in [7, 11) is 1.10. The summed E-state index contributed by atoms with van der Waals surface area (Å²) in [6.45, 7) is 3.87. The molecule has 0 saturated heterocycles. The Kier molecular flexibility index (Phi) is 32.7. The van der Waals surface area contributed by atoms with Gasteiger partial charge in [-0.1, -0.05) is 113 Å². The molecule has 11 heteroatoms. The quantitative estimate of drug-likeness (QED) is 0.0220. The smallest absolute Gasteiger partial charge is 0.306 e. The number of rotatable bonds is 35. The summed E-state index contributed by atoms with van der Waals surface area (Å²) in [6, 6.07) is 0. The van der Waals surface area contributed by atoms with Crippen LogP contribution in [0.4, 0.5) is 0 Å². The van der Waals surface area contributed by atoms with E-state index in [1.165, 1.54) is 12.8 Å². The van der Waals surface area contributed by atoms with Crippen LogP contribution in [0.1, 0.15) is 136 Å². The van der Waals surface area contributed by atoms with Gasteiger partial charge in [-0.25, -0.2) is 0 Å². The Bertz CT molecular complexity index is 1110. The number of nitrogens with zero attached hydrogens (tertiary/aromatic N) is 1. The van der Waals surface area contributed by atoms with E-state index in [1.807, 2.05) is 33.3 Å². The number of likely N-dealkylation sites (N-methyl/N-ethyl adjacent to an activating group) is 1. The van der Waals surface area contributed by atoms with Gasteiger partial charge in [0.1, 0.15) is 19.8 Å². The van der Waals surface area contributed by atoms with Gasteiger partial charge in [-0.05, 0) is 70.6 Å². The first-order valence-electron chi connectivity index (χ1n) is 20.1. The monoisotopic (exact) mass is 768 g/mol. The number of hydrogen-bond acceptors (Lipinski definition) is 9. The van der Waals surface area contributed by atoms with Crippen molar-refractivity contribution in [2.75, 3.05) is 47.5 Å². The van der Waals surface area contributed by atoms with E-state index in [0.29, 0.717) is 36.7 Å². The van der Waals surface area contributed by atoms with Gasteiger partial charge in [0.05, 0.1) is 33.9 Å². The lowest BCUT2D eigenvalue weighted by molar-refractivity contribution is -0.870. The first-order valence-corrected chi connectivity index (χ1v) is 21.5. The fraction of sp³-hybridized carbons (Fsp3) is 0.714. The Hall–Kier alpha value is -2.33. The molecule has 0 heterocycles. The van der Waals surface area contributed by atoms with E-state index in [4.69, 9.17) is 18.5 Å². The molecule has 0 radical (unpaired) electrons. The Balaban J connectivity index is 4.53. The van der Waals surface area contributed by atoms with Crippen molar-refractivity contribution in [1.82, 2.24) is 0 Å². The highest BCUT2D eigenvalue weighted by atomic mass is 31.2. The molecule has 0 aliphatic carbocycles. The first-order chi connectivity index (χ1) is 25.4. The SMILES string of the molecule is CCCC/C=C\CCCCCCCC(=O)O[C@H](COC(=O)CCC/C=C\C/C=C\C/C=C\C/C=C\CC(O)CCC)COP(=O)([O-])OCC[N+](C)(C)C. The van der Waals surface area contributed by atoms with Crippen molar-refractivity contribution >= 4 is 19.8 Å². The van der Waals surface area contributed by atoms with Crippen LogP contribution in [0.25, 0.3) is 0 Å². The number of carbonyl (C=O) groups excluding carboxylic acids is 2. The second-order valence-electron chi connectivity index (χ2n) is 14.5. The minimum atomic E-state index is -4.64. The number of aliphatic hydroxyl groups is 1. The third-order valence-electron chi connectivity index (χ3n) is 8.07. The summed E-state index contributed by atoms with van der Waals surface area (Å²) >= 11 is 0. The minimum Gasteiger partial charge on any atom is -0.756 e. The molecule has 306 valence electrons. The van der Waals surface area contributed by atoms with E-state index in [-0.39, 0.29) is 32.2 Å². The average molecular weight is 768 g/mol. The van der Waals surface area contributed by atoms with Gasteiger partial charge in [0.2, 0.25) is 0 Å². The van der Waals surface area contributed by atoms with Crippen LogP contribution in [0, 0.1) is 0 Å². The van der Waals surface area contributed by atoms with Crippen molar-refractivity contribution in [3.63, 3.8) is 0 Å². The maximum atomic E-state index is 12.6. The highest BCUT2D eigenvalue weighted by Gasteiger charge is 2.21. The molecule has 2 unspecified atom stereocenters. The molecule has 0 bridgehead atoms. The highest BCUT2D eigenvalue weighted by Crippen LogP contribution is 2.38. The molecule has 0 fully saturated rings. The highest BCUT2D eigenvalue weighted by molar-refractivity contribution is 7.45. The number of esters is 2. The third-order valence-corrected chi connectivity index (χ3v) is 9.03. The van der Waals surface area contributed by atoms with Gasteiger partial charge in [-0.2, -0.15) is 0 Å². The Morgan fingerprint density at radius 1 is 0.679 bits per heavy atom. The number of carbonyl (C=O) groups is 2. The number of aliphatic hydroxyl groups excluding tert-OH is 1. The zero-order valence-electron chi connectivity index (χ0n) is 33.8. The predicted octanol–water partition coefficient (Wildman–Crippen LogP) is 9.24. The van der Waals surface area contributed by atoms with Crippen LogP contribution in [0.2, 0.25) is 0 Å². The van der Waals surface area contributed by atoms with Crippen LogP contribution in [-0.2, 0) is 32.7 Å². The van der Waals surface area contributed by atoms with Crippen LogP contribution in [0.15, 0.2) is 60.8 Å². The molecule has 0 aliphatic rings. The van der Waals surface area contributed by atoms with Gasteiger partial charge < -0.3 is 33.0 Å². The maximum absolute atomic E-state index is 12.6. The van der Waals surface area contributed by atoms with Gasteiger partial charge in [0, 0.05) is 12.8 Å². The standard InChI is InChI=1S/C42H74NO9P/c1-6-8-9-10-11-12-16-21-24-27-30-34-42(46)52-40(38-51-53(47,48)50-36-35-43(3,4)5)37-49-41(45)33-29-26-23-20-18-15-13-14-17-19-22-25-28-32-39(44)31-7-2/h10-11,13,15,17,19-20,23,25,28,39-40,44H,6-9,12,14,16,18,21-22,24,26-27,29-38H2,1-5H3/b11-10-,15-13-,19-17-,23-20-,28-25-/t39?,40-/m1/s1. The van der Waals surface area contributed by atoms with Crippen molar-refractivity contribution in [1.29, 1.82) is 0 Å². The van der Waals surface area contributed by atoms with E-state index >= 15 is 0 Å².